The van der Waals surface area contributed by atoms with Crippen molar-refractivity contribution in [2.24, 2.45) is 11.8 Å². The number of esters is 1. The fourth-order valence-electron chi connectivity index (χ4n) is 3.62. The molecule has 6 atom stereocenters. The van der Waals surface area contributed by atoms with Crippen molar-refractivity contribution < 1.29 is 35.7 Å². The van der Waals surface area contributed by atoms with E-state index in [1.165, 1.54) is 19.1 Å². The highest BCUT2D eigenvalue weighted by atomic mass is 32.1. The number of aliphatic hydroxyl groups excluding tert-OH is 1. The van der Waals surface area contributed by atoms with Gasteiger partial charge in [0, 0.05) is 17.7 Å². The zero-order valence-corrected chi connectivity index (χ0v) is 23.3. The first kappa shape index (κ1) is 25.8. The number of aromatic amines is 1. The number of aryl methyl sites for hydroxylation is 1. The molecule has 2 heterocycles. The van der Waals surface area contributed by atoms with Gasteiger partial charge in [-0.2, -0.15) is 0 Å². The standard InChI is InChI=1S/C24H33N2O7PS2/c1-14(2)31-23(28)16(4)13-34(29,33-18-9-7-6-8-10-18)30-12-19-20(27)17(5)22(32-19)26-11-15(3)21(35)25-24(26)36/h6-11,14,16-17,19-20,22,27H,12-13H2,1-5H3,(H,25,35,36)/t16-,17-,19+,20?,22+,34?/m1/s1/i12D2. The smallest absolute Gasteiger partial charge is 0.380 e. The van der Waals surface area contributed by atoms with E-state index in [9.17, 15) is 14.5 Å². The number of H-pyrrole nitrogens is 1. The van der Waals surface area contributed by atoms with Gasteiger partial charge in [0.2, 0.25) is 0 Å². The Balaban J connectivity index is 1.90. The van der Waals surface area contributed by atoms with Crippen LogP contribution >= 0.6 is 32.0 Å². The van der Waals surface area contributed by atoms with Gasteiger partial charge in [-0.1, -0.05) is 44.3 Å². The van der Waals surface area contributed by atoms with Gasteiger partial charge < -0.3 is 24.1 Å². The van der Waals surface area contributed by atoms with Crippen molar-refractivity contribution >= 4 is 38.0 Å². The number of carbonyl (C=O) groups excluding carboxylic acids is 1. The van der Waals surface area contributed by atoms with Crippen LogP contribution in [-0.4, -0.2) is 51.7 Å². The van der Waals surface area contributed by atoms with Crippen molar-refractivity contribution in [1.29, 1.82) is 0 Å². The van der Waals surface area contributed by atoms with E-state index in [4.69, 9.17) is 45.7 Å². The lowest BCUT2D eigenvalue weighted by molar-refractivity contribution is -0.151. The lowest BCUT2D eigenvalue weighted by Crippen LogP contribution is -2.30. The van der Waals surface area contributed by atoms with Gasteiger partial charge in [-0.15, -0.1) is 0 Å². The molecule has 12 heteroatoms. The lowest BCUT2D eigenvalue weighted by Gasteiger charge is -2.24. The second-order valence-corrected chi connectivity index (χ2v) is 11.8. The van der Waals surface area contributed by atoms with Gasteiger partial charge >= 0.3 is 13.6 Å². The SMILES string of the molecule is [2H]C([2H])(OP(=O)(C[C@@H](C)C(=O)OC(C)C)Oc1ccccc1)[C@@H]1O[C@H](n2cc(C)c(=S)[nH]c2=S)[C@H](C)C1O. The van der Waals surface area contributed by atoms with Crippen LogP contribution in [-0.2, 0) is 23.4 Å². The van der Waals surface area contributed by atoms with E-state index in [-0.39, 0.29) is 10.5 Å². The topological polar surface area (TPSA) is 112 Å². The summed E-state index contributed by atoms with van der Waals surface area (Å²) < 4.78 is 55.8. The van der Waals surface area contributed by atoms with E-state index in [1.807, 2.05) is 0 Å². The Kier molecular flexibility index (Phi) is 8.66. The Labute approximate surface area is 224 Å². The number of carbonyl (C=O) groups is 1. The van der Waals surface area contributed by atoms with E-state index < -0.39 is 62.7 Å². The Morgan fingerprint density at radius 3 is 2.61 bits per heavy atom. The number of hydrogen-bond donors (Lipinski definition) is 2. The number of nitrogens with zero attached hydrogens (tertiary/aromatic N) is 1. The molecule has 2 aromatic rings. The average molecular weight is 559 g/mol. The quantitative estimate of drug-likeness (QED) is 0.226. The van der Waals surface area contributed by atoms with Crippen LogP contribution in [0.15, 0.2) is 36.5 Å². The highest BCUT2D eigenvalue weighted by molar-refractivity contribution is 7.72. The van der Waals surface area contributed by atoms with Crippen LogP contribution in [0.1, 0.15) is 42.2 Å². The Hall–Kier alpha value is -1.88. The predicted molar refractivity (Wildman–Crippen MR) is 140 cm³/mol. The normalized spacial score (nSPS) is 25.5. The molecule has 1 fully saturated rings. The number of rotatable bonds is 10. The molecule has 0 amide bonds. The van der Waals surface area contributed by atoms with Gasteiger partial charge in [0.1, 0.15) is 22.7 Å². The number of ether oxygens (including phenoxy) is 2. The third-order valence-corrected chi connectivity index (χ3v) is 8.16. The summed E-state index contributed by atoms with van der Waals surface area (Å²) in [5, 5.41) is 11.0. The third kappa shape index (κ3) is 7.12. The molecule has 1 aliphatic heterocycles. The third-order valence-electron chi connectivity index (χ3n) is 5.55. The maximum absolute atomic E-state index is 14.0. The maximum Gasteiger partial charge on any atom is 0.380 e. The van der Waals surface area contributed by atoms with Crippen molar-refractivity contribution in [1.82, 2.24) is 9.55 Å². The molecule has 2 N–H and O–H groups in total. The second kappa shape index (κ2) is 12.1. The number of aliphatic hydroxyl groups is 1. The van der Waals surface area contributed by atoms with Crippen LogP contribution < -0.4 is 4.52 Å². The van der Waals surface area contributed by atoms with Crippen LogP contribution in [0.5, 0.6) is 5.75 Å². The second-order valence-electron chi connectivity index (χ2n) is 9.07. The monoisotopic (exact) mass is 558 g/mol. The summed E-state index contributed by atoms with van der Waals surface area (Å²) in [6, 6.07) is 8.10. The summed E-state index contributed by atoms with van der Waals surface area (Å²) in [6.45, 7) is 5.53. The Morgan fingerprint density at radius 2 is 1.97 bits per heavy atom. The molecule has 0 bridgehead atoms. The number of aromatic nitrogens is 2. The van der Waals surface area contributed by atoms with Gasteiger partial charge in [-0.3, -0.25) is 13.9 Å². The van der Waals surface area contributed by atoms with Gasteiger partial charge in [0.25, 0.3) is 0 Å². The van der Waals surface area contributed by atoms with Gasteiger partial charge in [-0.25, -0.2) is 4.57 Å². The lowest BCUT2D eigenvalue weighted by atomic mass is 10.0. The van der Waals surface area contributed by atoms with Gasteiger partial charge in [0.05, 0.1) is 33.6 Å². The molecule has 0 saturated carbocycles. The predicted octanol–water partition coefficient (Wildman–Crippen LogP) is 5.35. The molecular weight excluding hydrogens is 523 g/mol. The molecule has 1 aromatic heterocycles. The van der Waals surface area contributed by atoms with Gasteiger partial charge in [0.15, 0.2) is 4.77 Å². The fraction of sp³-hybridized carbons (Fsp3) is 0.542. The summed E-state index contributed by atoms with van der Waals surface area (Å²) >= 11 is 10.6. The van der Waals surface area contributed by atoms with Crippen molar-refractivity contribution in [3.63, 3.8) is 0 Å². The molecule has 1 aliphatic rings. The minimum absolute atomic E-state index is 0.163. The summed E-state index contributed by atoms with van der Waals surface area (Å²) in [4.78, 5) is 15.3. The van der Waals surface area contributed by atoms with Crippen molar-refractivity contribution in [2.75, 3.05) is 12.7 Å². The molecule has 9 nitrogen and oxygen atoms in total. The molecular formula is C24H33N2O7PS2. The Morgan fingerprint density at radius 1 is 1.31 bits per heavy atom. The van der Waals surface area contributed by atoms with E-state index in [0.29, 0.717) is 10.2 Å². The molecule has 0 spiro atoms. The minimum Gasteiger partial charge on any atom is -0.463 e. The van der Waals surface area contributed by atoms with Crippen LogP contribution in [0.4, 0.5) is 0 Å². The molecule has 1 aromatic carbocycles. The van der Waals surface area contributed by atoms with Crippen LogP contribution in [0.3, 0.4) is 0 Å². The first-order valence-corrected chi connectivity index (χ1v) is 14.1. The molecule has 2 unspecified atom stereocenters. The van der Waals surface area contributed by atoms with Crippen LogP contribution in [0, 0.1) is 28.2 Å². The number of para-hydroxylation sites is 1. The minimum atomic E-state index is -4.34. The number of nitrogens with one attached hydrogen (secondary N) is 1. The zero-order chi connectivity index (χ0) is 28.4. The summed E-state index contributed by atoms with van der Waals surface area (Å²) in [6.07, 6.45) is -2.96. The van der Waals surface area contributed by atoms with Crippen molar-refractivity contribution in [2.45, 2.75) is 59.2 Å². The highest BCUT2D eigenvalue weighted by Crippen LogP contribution is 2.51. The maximum atomic E-state index is 14.0. The summed E-state index contributed by atoms with van der Waals surface area (Å²) in [7, 11) is -4.34. The first-order valence-electron chi connectivity index (χ1n) is 12.5. The first-order chi connectivity index (χ1) is 17.6. The van der Waals surface area contributed by atoms with E-state index in [0.717, 1.165) is 0 Å². The molecule has 0 aliphatic carbocycles. The zero-order valence-electron chi connectivity index (χ0n) is 22.7. The van der Waals surface area contributed by atoms with Crippen LogP contribution in [0.2, 0.25) is 0 Å². The molecule has 3 rings (SSSR count). The highest BCUT2D eigenvalue weighted by Gasteiger charge is 2.44. The summed E-state index contributed by atoms with van der Waals surface area (Å²) in [5.74, 6) is -2.02. The summed E-state index contributed by atoms with van der Waals surface area (Å²) in [5.41, 5.74) is 0.713. The molecule has 0 radical (unpaired) electrons. The van der Waals surface area contributed by atoms with E-state index in [1.54, 1.807) is 56.7 Å². The van der Waals surface area contributed by atoms with E-state index in [2.05, 4.69) is 4.98 Å². The molecule has 198 valence electrons. The van der Waals surface area contributed by atoms with Gasteiger partial charge in [-0.05, 0) is 45.1 Å². The van der Waals surface area contributed by atoms with Crippen molar-refractivity contribution in [3.8, 4) is 5.75 Å². The fourth-order valence-corrected chi connectivity index (χ4v) is 5.80. The number of benzene rings is 1. The van der Waals surface area contributed by atoms with Crippen LogP contribution in [0.25, 0.3) is 0 Å². The van der Waals surface area contributed by atoms with E-state index >= 15 is 0 Å². The molecule has 36 heavy (non-hydrogen) atoms. The Bertz CT molecular complexity index is 1300. The molecule has 1 saturated heterocycles. The van der Waals surface area contributed by atoms with Crippen molar-refractivity contribution in [3.05, 3.63) is 51.5 Å². The largest absolute Gasteiger partial charge is 0.463 e. The average Bonchev–Trinajstić information content (AvgIpc) is 3.11. The number of hydrogen-bond acceptors (Lipinski definition) is 9.